The number of nitrogens with zero attached hydrogens (tertiary/aromatic N) is 2. The summed E-state index contributed by atoms with van der Waals surface area (Å²) in [6.07, 6.45) is 1.33. The maximum absolute atomic E-state index is 14.4. The molecule has 0 atom stereocenters. The Labute approximate surface area is 130 Å². The van der Waals surface area contributed by atoms with Crippen LogP contribution in [0.1, 0.15) is 17.3 Å². The lowest BCUT2D eigenvalue weighted by atomic mass is 10.1. The smallest absolute Gasteiger partial charge is 0.341 e. The zero-order valence-electron chi connectivity index (χ0n) is 12.0. The fourth-order valence-electron chi connectivity index (χ4n) is 2.66. The number of aryl methyl sites for hydroxylation is 1. The lowest BCUT2D eigenvalue weighted by Crippen LogP contribution is -2.22. The van der Waals surface area contributed by atoms with Crippen molar-refractivity contribution in [3.05, 3.63) is 39.9 Å². The minimum Gasteiger partial charge on any atom is -0.477 e. The fraction of sp³-hybridized carbons (Fsp3) is 0.333. The molecule has 5 nitrogen and oxygen atoms in total. The Hall–Kier alpha value is -2.02. The summed E-state index contributed by atoms with van der Waals surface area (Å²) in [5.41, 5.74) is 0.0413. The van der Waals surface area contributed by atoms with Crippen molar-refractivity contribution in [2.45, 2.75) is 13.5 Å². The third kappa shape index (κ3) is 2.35. The van der Waals surface area contributed by atoms with Gasteiger partial charge in [-0.2, -0.15) is 0 Å². The molecule has 3 rings (SSSR count). The summed E-state index contributed by atoms with van der Waals surface area (Å²) in [5.74, 6) is -0.131. The highest BCUT2D eigenvalue weighted by atomic mass is 32.2. The maximum Gasteiger partial charge on any atom is 0.341 e. The Morgan fingerprint density at radius 2 is 2.23 bits per heavy atom. The SMILES string of the molecule is CCn1cc(C(=O)O)c(=O)c2cc(F)c(N3CCSC3)cc21. The van der Waals surface area contributed by atoms with Crippen LogP contribution in [0.5, 0.6) is 0 Å². The molecule has 2 aromatic rings. The topological polar surface area (TPSA) is 62.5 Å². The van der Waals surface area contributed by atoms with Crippen molar-refractivity contribution >= 4 is 34.3 Å². The highest BCUT2D eigenvalue weighted by Gasteiger charge is 2.20. The van der Waals surface area contributed by atoms with E-state index < -0.39 is 17.2 Å². The standard InChI is InChI=1S/C15H15FN2O3S/c1-2-17-7-10(15(20)21)14(19)9-5-11(16)13(6-12(9)17)18-3-4-22-8-18/h5-7H,2-4,8H2,1H3,(H,20,21). The number of aromatic nitrogens is 1. The van der Waals surface area contributed by atoms with Crippen molar-refractivity contribution in [1.29, 1.82) is 0 Å². The first kappa shape index (κ1) is 14.9. The molecule has 0 radical (unpaired) electrons. The summed E-state index contributed by atoms with van der Waals surface area (Å²) in [6, 6.07) is 2.81. The molecule has 0 saturated carbocycles. The van der Waals surface area contributed by atoms with Gasteiger partial charge in [-0.25, -0.2) is 9.18 Å². The van der Waals surface area contributed by atoms with Crippen LogP contribution in [0.3, 0.4) is 0 Å². The highest BCUT2D eigenvalue weighted by Crippen LogP contribution is 2.29. The Bertz CT molecular complexity index is 813. The molecule has 2 heterocycles. The Kier molecular flexibility index (Phi) is 3.82. The third-order valence-electron chi connectivity index (χ3n) is 3.81. The average molecular weight is 322 g/mol. The van der Waals surface area contributed by atoms with Gasteiger partial charge >= 0.3 is 5.97 Å². The van der Waals surface area contributed by atoms with E-state index >= 15 is 0 Å². The summed E-state index contributed by atoms with van der Waals surface area (Å²) >= 11 is 1.72. The van der Waals surface area contributed by atoms with Gasteiger partial charge in [-0.05, 0) is 19.1 Å². The van der Waals surface area contributed by atoms with E-state index in [-0.39, 0.29) is 10.9 Å². The number of rotatable bonds is 3. The van der Waals surface area contributed by atoms with Gasteiger partial charge in [0.1, 0.15) is 11.4 Å². The van der Waals surface area contributed by atoms with Crippen molar-refractivity contribution in [3.8, 4) is 0 Å². The first-order chi connectivity index (χ1) is 10.5. The number of aromatic carboxylic acids is 1. The summed E-state index contributed by atoms with van der Waals surface area (Å²) in [4.78, 5) is 25.3. The van der Waals surface area contributed by atoms with Gasteiger partial charge in [-0.1, -0.05) is 0 Å². The molecule has 0 aliphatic carbocycles. The monoisotopic (exact) mass is 322 g/mol. The molecule has 0 bridgehead atoms. The van der Waals surface area contributed by atoms with Crippen LogP contribution in [0.2, 0.25) is 0 Å². The average Bonchev–Trinajstić information content (AvgIpc) is 3.01. The van der Waals surface area contributed by atoms with Gasteiger partial charge in [0.05, 0.1) is 17.1 Å². The summed E-state index contributed by atoms with van der Waals surface area (Å²) in [6.45, 7) is 3.11. The molecule has 0 spiro atoms. The lowest BCUT2D eigenvalue weighted by Gasteiger charge is -2.19. The molecule has 1 N–H and O–H groups in total. The molecule has 0 unspecified atom stereocenters. The van der Waals surface area contributed by atoms with Gasteiger partial charge in [-0.15, -0.1) is 11.8 Å². The van der Waals surface area contributed by atoms with Crippen LogP contribution in [-0.4, -0.2) is 33.8 Å². The largest absolute Gasteiger partial charge is 0.477 e. The lowest BCUT2D eigenvalue weighted by molar-refractivity contribution is 0.0695. The number of benzene rings is 1. The molecule has 1 saturated heterocycles. The maximum atomic E-state index is 14.4. The molecule has 1 aromatic heterocycles. The van der Waals surface area contributed by atoms with Crippen molar-refractivity contribution in [3.63, 3.8) is 0 Å². The van der Waals surface area contributed by atoms with Crippen LogP contribution in [0, 0.1) is 5.82 Å². The molecule has 22 heavy (non-hydrogen) atoms. The minimum atomic E-state index is -1.30. The van der Waals surface area contributed by atoms with Gasteiger partial charge in [0.2, 0.25) is 5.43 Å². The quantitative estimate of drug-likeness (QED) is 0.940. The predicted molar refractivity (Wildman–Crippen MR) is 85.5 cm³/mol. The second-order valence-electron chi connectivity index (χ2n) is 5.08. The van der Waals surface area contributed by atoms with E-state index in [9.17, 15) is 14.0 Å². The number of hydrogen-bond acceptors (Lipinski definition) is 4. The number of anilines is 1. The van der Waals surface area contributed by atoms with Gasteiger partial charge in [-0.3, -0.25) is 4.79 Å². The first-order valence-electron chi connectivity index (χ1n) is 6.95. The number of hydrogen-bond donors (Lipinski definition) is 1. The minimum absolute atomic E-state index is 0.106. The van der Waals surface area contributed by atoms with E-state index in [0.29, 0.717) is 23.6 Å². The van der Waals surface area contributed by atoms with E-state index in [1.54, 1.807) is 22.4 Å². The normalized spacial score (nSPS) is 14.7. The number of carboxylic acids is 1. The highest BCUT2D eigenvalue weighted by molar-refractivity contribution is 7.99. The number of pyridine rings is 1. The van der Waals surface area contributed by atoms with E-state index in [1.807, 2.05) is 11.8 Å². The van der Waals surface area contributed by atoms with Crippen LogP contribution in [0.15, 0.2) is 23.1 Å². The van der Waals surface area contributed by atoms with E-state index in [1.165, 1.54) is 6.20 Å². The molecule has 1 fully saturated rings. The van der Waals surface area contributed by atoms with E-state index in [2.05, 4.69) is 0 Å². The molecule has 116 valence electrons. The number of carboxylic acid groups (broad SMARTS) is 1. The van der Waals surface area contributed by atoms with Gasteiger partial charge < -0.3 is 14.6 Å². The van der Waals surface area contributed by atoms with Crippen LogP contribution >= 0.6 is 11.8 Å². The number of halogens is 1. The summed E-state index contributed by atoms with van der Waals surface area (Å²) < 4.78 is 16.0. The Balaban J connectivity index is 2.30. The molecular formula is C15H15FN2O3S. The predicted octanol–water partition coefficient (Wildman–Crippen LogP) is 2.37. The number of carbonyl (C=O) groups is 1. The molecule has 1 aliphatic heterocycles. The Morgan fingerprint density at radius 3 is 2.82 bits per heavy atom. The van der Waals surface area contributed by atoms with Crippen molar-refractivity contribution in [2.24, 2.45) is 0 Å². The third-order valence-corrected chi connectivity index (χ3v) is 4.78. The molecular weight excluding hydrogens is 307 g/mol. The van der Waals surface area contributed by atoms with Crippen LogP contribution in [-0.2, 0) is 6.54 Å². The van der Waals surface area contributed by atoms with Gasteiger partial charge in [0.15, 0.2) is 0 Å². The number of thioether (sulfide) groups is 1. The summed E-state index contributed by atoms with van der Waals surface area (Å²) in [7, 11) is 0. The van der Waals surface area contributed by atoms with Crippen LogP contribution in [0.25, 0.3) is 10.9 Å². The van der Waals surface area contributed by atoms with Gasteiger partial charge in [0.25, 0.3) is 0 Å². The molecule has 1 aromatic carbocycles. The Morgan fingerprint density at radius 1 is 1.45 bits per heavy atom. The zero-order valence-corrected chi connectivity index (χ0v) is 12.8. The summed E-state index contributed by atoms with van der Waals surface area (Å²) in [5, 5.41) is 9.23. The van der Waals surface area contributed by atoms with Crippen molar-refractivity contribution in [2.75, 3.05) is 23.1 Å². The first-order valence-corrected chi connectivity index (χ1v) is 8.11. The van der Waals surface area contributed by atoms with Crippen molar-refractivity contribution in [1.82, 2.24) is 4.57 Å². The van der Waals surface area contributed by atoms with Gasteiger partial charge in [0, 0.05) is 30.4 Å². The fourth-order valence-corrected chi connectivity index (χ4v) is 3.63. The van der Waals surface area contributed by atoms with Crippen LogP contribution in [0.4, 0.5) is 10.1 Å². The van der Waals surface area contributed by atoms with Crippen molar-refractivity contribution < 1.29 is 14.3 Å². The second-order valence-corrected chi connectivity index (χ2v) is 6.16. The second kappa shape index (κ2) is 5.64. The van der Waals surface area contributed by atoms with E-state index in [0.717, 1.165) is 18.4 Å². The molecule has 7 heteroatoms. The molecule has 0 amide bonds. The molecule has 1 aliphatic rings. The van der Waals surface area contributed by atoms with Crippen LogP contribution < -0.4 is 10.3 Å². The number of fused-ring (bicyclic) bond motifs is 1. The zero-order chi connectivity index (χ0) is 15.9. The van der Waals surface area contributed by atoms with E-state index in [4.69, 9.17) is 5.11 Å².